The summed E-state index contributed by atoms with van der Waals surface area (Å²) in [4.78, 5) is 24.6. The molecule has 1 unspecified atom stereocenters. The monoisotopic (exact) mass is 367 g/mol. The maximum atomic E-state index is 12.7. The number of carbonyl (C=O) groups excluding carboxylic acids is 1. The molecule has 0 radical (unpaired) electrons. The van der Waals surface area contributed by atoms with Crippen molar-refractivity contribution < 1.29 is 4.79 Å². The summed E-state index contributed by atoms with van der Waals surface area (Å²) in [5, 5.41) is 6.12. The van der Waals surface area contributed by atoms with Crippen LogP contribution in [0.4, 0.5) is 11.5 Å². The van der Waals surface area contributed by atoms with Crippen LogP contribution in [0, 0.1) is 0 Å². The molecule has 4 rings (SSSR count). The molecule has 3 heterocycles. The van der Waals surface area contributed by atoms with E-state index in [4.69, 9.17) is 5.73 Å². The Hall–Kier alpha value is -2.67. The molecule has 1 amide bonds. The van der Waals surface area contributed by atoms with Crippen molar-refractivity contribution in [2.24, 2.45) is 0 Å². The van der Waals surface area contributed by atoms with Crippen molar-refractivity contribution in [1.29, 1.82) is 0 Å². The van der Waals surface area contributed by atoms with Crippen LogP contribution in [0.3, 0.4) is 0 Å². The summed E-state index contributed by atoms with van der Waals surface area (Å²) in [7, 11) is 0. The van der Waals surface area contributed by atoms with Gasteiger partial charge in [0.2, 0.25) is 5.91 Å². The summed E-state index contributed by atoms with van der Waals surface area (Å²) in [5.41, 5.74) is 7.62. The van der Waals surface area contributed by atoms with Gasteiger partial charge >= 0.3 is 0 Å². The summed E-state index contributed by atoms with van der Waals surface area (Å²) in [5.74, 6) is 0.937. The number of amides is 1. The molecule has 134 valence electrons. The Balaban J connectivity index is 1.42. The highest BCUT2D eigenvalue weighted by molar-refractivity contribution is 7.16. The zero-order valence-electron chi connectivity index (χ0n) is 14.4. The van der Waals surface area contributed by atoms with Crippen LogP contribution in [-0.2, 0) is 11.2 Å². The minimum atomic E-state index is -0.167. The highest BCUT2D eigenvalue weighted by atomic mass is 32.1. The third kappa shape index (κ3) is 3.35. The van der Waals surface area contributed by atoms with Crippen LogP contribution in [0.5, 0.6) is 0 Å². The lowest BCUT2D eigenvalue weighted by molar-refractivity contribution is -0.122. The molecule has 2 aromatic heterocycles. The largest absolute Gasteiger partial charge is 0.399 e. The van der Waals surface area contributed by atoms with Crippen LogP contribution in [0.15, 0.2) is 42.0 Å². The third-order valence-corrected chi connectivity index (χ3v) is 5.58. The molecule has 1 atom stereocenters. The predicted molar refractivity (Wildman–Crippen MR) is 105 cm³/mol. The van der Waals surface area contributed by atoms with Gasteiger partial charge in [0, 0.05) is 18.8 Å². The van der Waals surface area contributed by atoms with E-state index in [2.05, 4.69) is 20.2 Å². The predicted octanol–water partition coefficient (Wildman–Crippen LogP) is 2.60. The Bertz CT molecular complexity index is 908. The fourth-order valence-electron chi connectivity index (χ4n) is 3.43. The maximum Gasteiger partial charge on any atom is 0.242 e. The number of anilines is 2. The second-order valence-corrected chi connectivity index (χ2v) is 7.37. The van der Waals surface area contributed by atoms with Crippen molar-refractivity contribution in [3.05, 3.63) is 47.6 Å². The van der Waals surface area contributed by atoms with Crippen LogP contribution in [0.25, 0.3) is 10.2 Å². The van der Waals surface area contributed by atoms with E-state index in [-0.39, 0.29) is 11.9 Å². The molecule has 1 aliphatic heterocycles. The Kier molecular flexibility index (Phi) is 4.71. The van der Waals surface area contributed by atoms with E-state index >= 15 is 0 Å². The molecular weight excluding hydrogens is 346 g/mol. The lowest BCUT2D eigenvalue weighted by atomic mass is 10.1. The van der Waals surface area contributed by atoms with Gasteiger partial charge in [-0.15, -0.1) is 11.3 Å². The van der Waals surface area contributed by atoms with Gasteiger partial charge in [-0.2, -0.15) is 0 Å². The summed E-state index contributed by atoms with van der Waals surface area (Å²) in [6, 6.07) is 9.63. The second-order valence-electron chi connectivity index (χ2n) is 6.47. The zero-order valence-corrected chi connectivity index (χ0v) is 15.2. The quantitative estimate of drug-likeness (QED) is 0.677. The molecular formula is C19H21N5OS. The van der Waals surface area contributed by atoms with E-state index in [0.29, 0.717) is 6.54 Å². The first-order valence-electron chi connectivity index (χ1n) is 8.79. The molecule has 6 nitrogen and oxygen atoms in total. The maximum absolute atomic E-state index is 12.7. The van der Waals surface area contributed by atoms with Gasteiger partial charge in [0.1, 0.15) is 23.0 Å². The molecule has 0 spiro atoms. The van der Waals surface area contributed by atoms with E-state index in [0.717, 1.165) is 47.5 Å². The number of nitrogens with zero attached hydrogens (tertiary/aromatic N) is 3. The van der Waals surface area contributed by atoms with Gasteiger partial charge in [-0.3, -0.25) is 4.79 Å². The normalized spacial score (nSPS) is 16.9. The zero-order chi connectivity index (χ0) is 17.9. The molecule has 1 aliphatic rings. The summed E-state index contributed by atoms with van der Waals surface area (Å²) >= 11 is 1.60. The van der Waals surface area contributed by atoms with Crippen LogP contribution in [0.1, 0.15) is 18.4 Å². The van der Waals surface area contributed by atoms with Gasteiger partial charge in [-0.1, -0.05) is 12.1 Å². The molecule has 0 bridgehead atoms. The Morgan fingerprint density at radius 1 is 1.27 bits per heavy atom. The van der Waals surface area contributed by atoms with Crippen molar-refractivity contribution >= 4 is 39.0 Å². The van der Waals surface area contributed by atoms with E-state index in [9.17, 15) is 4.79 Å². The first-order valence-corrected chi connectivity index (χ1v) is 9.67. The van der Waals surface area contributed by atoms with Gasteiger partial charge in [-0.05, 0) is 48.4 Å². The molecule has 1 fully saturated rings. The molecule has 3 aromatic rings. The topological polar surface area (TPSA) is 84.1 Å². The van der Waals surface area contributed by atoms with Gasteiger partial charge in [0.05, 0.1) is 5.39 Å². The SMILES string of the molecule is Nc1ccc(CCNC(=O)C2CCCN2c2ncnc3sccc23)cc1. The molecule has 1 aromatic carbocycles. The number of nitrogen functional groups attached to an aromatic ring is 1. The number of hydrogen-bond donors (Lipinski definition) is 2. The standard InChI is InChI=1S/C19H21N5OS/c20-14-5-3-13(4-6-14)7-9-21-18(25)16-2-1-10-24(16)17-15-8-11-26-19(15)23-12-22-17/h3-6,8,11-12,16H,1-2,7,9-10,20H2,(H,21,25). The number of hydrogen-bond acceptors (Lipinski definition) is 6. The highest BCUT2D eigenvalue weighted by Crippen LogP contribution is 2.31. The first kappa shape index (κ1) is 16.8. The van der Waals surface area contributed by atoms with E-state index in [1.807, 2.05) is 35.7 Å². The second kappa shape index (κ2) is 7.29. The van der Waals surface area contributed by atoms with E-state index in [1.165, 1.54) is 5.56 Å². The minimum absolute atomic E-state index is 0.0694. The van der Waals surface area contributed by atoms with Gasteiger partial charge in [0.25, 0.3) is 0 Å². The number of fused-ring (bicyclic) bond motifs is 1. The van der Waals surface area contributed by atoms with Crippen molar-refractivity contribution in [2.75, 3.05) is 23.7 Å². The number of rotatable bonds is 5. The Labute approximate surface area is 156 Å². The summed E-state index contributed by atoms with van der Waals surface area (Å²) in [6.07, 6.45) is 4.22. The van der Waals surface area contributed by atoms with Crippen molar-refractivity contribution in [1.82, 2.24) is 15.3 Å². The van der Waals surface area contributed by atoms with Crippen LogP contribution in [-0.4, -0.2) is 35.0 Å². The molecule has 7 heteroatoms. The molecule has 3 N–H and O–H groups in total. The number of aromatic nitrogens is 2. The first-order chi connectivity index (χ1) is 12.7. The molecule has 26 heavy (non-hydrogen) atoms. The van der Waals surface area contributed by atoms with Crippen LogP contribution in [0.2, 0.25) is 0 Å². The fraction of sp³-hybridized carbons (Fsp3) is 0.316. The van der Waals surface area contributed by atoms with Crippen molar-refractivity contribution in [3.63, 3.8) is 0 Å². The van der Waals surface area contributed by atoms with Gasteiger partial charge in [0.15, 0.2) is 0 Å². The van der Waals surface area contributed by atoms with Gasteiger partial charge < -0.3 is 16.0 Å². The van der Waals surface area contributed by atoms with E-state index in [1.54, 1.807) is 17.7 Å². The average Bonchev–Trinajstić information content (AvgIpc) is 3.32. The number of nitrogens with two attached hydrogens (primary N) is 1. The Morgan fingerprint density at radius 3 is 2.96 bits per heavy atom. The van der Waals surface area contributed by atoms with Gasteiger partial charge in [-0.25, -0.2) is 9.97 Å². The van der Waals surface area contributed by atoms with Crippen LogP contribution >= 0.6 is 11.3 Å². The number of benzene rings is 1. The molecule has 0 saturated carbocycles. The number of thiophene rings is 1. The lowest BCUT2D eigenvalue weighted by Gasteiger charge is -2.25. The minimum Gasteiger partial charge on any atom is -0.399 e. The lowest BCUT2D eigenvalue weighted by Crippen LogP contribution is -2.44. The van der Waals surface area contributed by atoms with Crippen molar-refractivity contribution in [2.45, 2.75) is 25.3 Å². The Morgan fingerprint density at radius 2 is 2.12 bits per heavy atom. The number of carbonyl (C=O) groups is 1. The summed E-state index contributed by atoms with van der Waals surface area (Å²) < 4.78 is 0. The smallest absolute Gasteiger partial charge is 0.242 e. The third-order valence-electron chi connectivity index (χ3n) is 4.76. The van der Waals surface area contributed by atoms with E-state index < -0.39 is 0 Å². The molecule has 0 aliphatic carbocycles. The number of nitrogens with one attached hydrogen (secondary N) is 1. The highest BCUT2D eigenvalue weighted by Gasteiger charge is 2.32. The fourth-order valence-corrected chi connectivity index (χ4v) is 4.16. The van der Waals surface area contributed by atoms with Crippen molar-refractivity contribution in [3.8, 4) is 0 Å². The van der Waals surface area contributed by atoms with Crippen LogP contribution < -0.4 is 16.0 Å². The summed E-state index contributed by atoms with van der Waals surface area (Å²) in [6.45, 7) is 1.46. The molecule has 1 saturated heterocycles. The average molecular weight is 367 g/mol.